The molecule has 2 rings (SSSR count). The van der Waals surface area contributed by atoms with Crippen LogP contribution >= 0.6 is 0 Å². The van der Waals surface area contributed by atoms with Crippen LogP contribution in [0.1, 0.15) is 11.1 Å². The quantitative estimate of drug-likeness (QED) is 0.498. The third-order valence-corrected chi connectivity index (χ3v) is 3.91. The normalized spacial score (nSPS) is 10.5. The maximum atomic E-state index is 12.4. The van der Waals surface area contributed by atoms with E-state index in [4.69, 9.17) is 14.2 Å². The zero-order valence-corrected chi connectivity index (χ0v) is 16.0. The number of hydrogen-bond donors (Lipinski definition) is 0. The van der Waals surface area contributed by atoms with Gasteiger partial charge in [-0.05, 0) is 41.5 Å². The van der Waals surface area contributed by atoms with Crippen molar-refractivity contribution in [3.8, 4) is 17.2 Å². The first-order valence-electron chi connectivity index (χ1n) is 8.55. The fourth-order valence-corrected chi connectivity index (χ4v) is 2.45. The Kier molecular flexibility index (Phi) is 7.49. The molecule has 0 heterocycles. The fourth-order valence-electron chi connectivity index (χ4n) is 2.45. The van der Waals surface area contributed by atoms with Crippen LogP contribution in [0.2, 0.25) is 0 Å². The first-order valence-corrected chi connectivity index (χ1v) is 8.55. The molecule has 142 valence electrons. The average molecular weight is 367 g/mol. The van der Waals surface area contributed by atoms with Crippen LogP contribution in [-0.4, -0.2) is 38.7 Å². The first-order chi connectivity index (χ1) is 13.1. The maximum Gasteiger partial charge on any atom is 0.246 e. The van der Waals surface area contributed by atoms with Gasteiger partial charge in [-0.25, -0.2) is 0 Å². The molecular weight excluding hydrogens is 342 g/mol. The number of nitrogens with zero attached hydrogens (tertiary/aromatic N) is 1. The number of benzene rings is 2. The Morgan fingerprint density at radius 1 is 1.07 bits per heavy atom. The molecule has 0 aliphatic carbocycles. The van der Waals surface area contributed by atoms with Gasteiger partial charge in [0.15, 0.2) is 11.5 Å². The van der Waals surface area contributed by atoms with Gasteiger partial charge in [-0.15, -0.1) is 0 Å². The van der Waals surface area contributed by atoms with Crippen LogP contribution in [0.3, 0.4) is 0 Å². The molecule has 0 aliphatic rings. The van der Waals surface area contributed by atoms with Crippen LogP contribution in [0.4, 0.5) is 0 Å². The van der Waals surface area contributed by atoms with Gasteiger partial charge in [-0.3, -0.25) is 4.79 Å². The van der Waals surface area contributed by atoms with Crippen molar-refractivity contribution in [3.63, 3.8) is 0 Å². The van der Waals surface area contributed by atoms with Crippen molar-refractivity contribution in [1.29, 1.82) is 0 Å². The summed E-state index contributed by atoms with van der Waals surface area (Å²) < 4.78 is 15.9. The smallest absolute Gasteiger partial charge is 0.246 e. The highest BCUT2D eigenvalue weighted by atomic mass is 16.5. The van der Waals surface area contributed by atoms with E-state index in [0.29, 0.717) is 24.7 Å². The summed E-state index contributed by atoms with van der Waals surface area (Å²) in [5, 5.41) is 0. The SMILES string of the molecule is C=CCOc1ccc(CN(C)C(=O)/C=C/c2ccc(OC)c(OC)c2)cc1. The van der Waals surface area contributed by atoms with Gasteiger partial charge in [0.05, 0.1) is 14.2 Å². The molecule has 0 radical (unpaired) electrons. The molecule has 5 heteroatoms. The number of carbonyl (C=O) groups is 1. The van der Waals surface area contributed by atoms with E-state index in [0.717, 1.165) is 16.9 Å². The van der Waals surface area contributed by atoms with Crippen molar-refractivity contribution in [2.75, 3.05) is 27.9 Å². The van der Waals surface area contributed by atoms with E-state index >= 15 is 0 Å². The van der Waals surface area contributed by atoms with Gasteiger partial charge >= 0.3 is 0 Å². The summed E-state index contributed by atoms with van der Waals surface area (Å²) >= 11 is 0. The Labute approximate surface area is 160 Å². The summed E-state index contributed by atoms with van der Waals surface area (Å²) in [4.78, 5) is 14.0. The monoisotopic (exact) mass is 367 g/mol. The summed E-state index contributed by atoms with van der Waals surface area (Å²) in [6, 6.07) is 13.2. The topological polar surface area (TPSA) is 48.0 Å². The lowest BCUT2D eigenvalue weighted by atomic mass is 10.1. The minimum Gasteiger partial charge on any atom is -0.493 e. The molecule has 0 atom stereocenters. The third-order valence-electron chi connectivity index (χ3n) is 3.91. The van der Waals surface area contributed by atoms with E-state index in [2.05, 4.69) is 6.58 Å². The summed E-state index contributed by atoms with van der Waals surface area (Å²) in [5.74, 6) is 1.97. The van der Waals surface area contributed by atoms with Gasteiger partial charge in [-0.1, -0.05) is 30.9 Å². The summed E-state index contributed by atoms with van der Waals surface area (Å²) in [5.41, 5.74) is 1.88. The lowest BCUT2D eigenvalue weighted by Crippen LogP contribution is -2.24. The van der Waals surface area contributed by atoms with Crippen molar-refractivity contribution in [3.05, 3.63) is 72.3 Å². The molecule has 2 aromatic carbocycles. The van der Waals surface area contributed by atoms with Gasteiger partial charge in [-0.2, -0.15) is 0 Å². The van der Waals surface area contributed by atoms with Crippen molar-refractivity contribution in [2.45, 2.75) is 6.54 Å². The van der Waals surface area contributed by atoms with E-state index in [9.17, 15) is 4.79 Å². The second kappa shape index (κ2) is 10.1. The molecule has 1 amide bonds. The minimum absolute atomic E-state index is 0.0863. The number of hydrogen-bond acceptors (Lipinski definition) is 4. The fraction of sp³-hybridized carbons (Fsp3) is 0.227. The van der Waals surface area contributed by atoms with Crippen molar-refractivity contribution < 1.29 is 19.0 Å². The van der Waals surface area contributed by atoms with Crippen LogP contribution < -0.4 is 14.2 Å². The van der Waals surface area contributed by atoms with Gasteiger partial charge in [0, 0.05) is 19.7 Å². The summed E-state index contributed by atoms with van der Waals surface area (Å²) in [6.45, 7) is 4.60. The molecule has 0 fully saturated rings. The number of likely N-dealkylation sites (N-methyl/N-ethyl adjacent to an activating group) is 1. The Hall–Kier alpha value is -3.21. The standard InChI is InChI=1S/C22H25NO4/c1-5-14-27-19-10-6-18(7-11-19)16-23(2)22(24)13-9-17-8-12-20(25-3)21(15-17)26-4/h5-13,15H,1,14,16H2,2-4H3/b13-9+. The number of amides is 1. The number of rotatable bonds is 9. The zero-order valence-electron chi connectivity index (χ0n) is 16.0. The third kappa shape index (κ3) is 5.92. The summed E-state index contributed by atoms with van der Waals surface area (Å²) in [6.07, 6.45) is 5.00. The second-order valence-corrected chi connectivity index (χ2v) is 5.89. The van der Waals surface area contributed by atoms with Crippen molar-refractivity contribution in [2.24, 2.45) is 0 Å². The van der Waals surface area contributed by atoms with Crippen LogP contribution in [-0.2, 0) is 11.3 Å². The molecule has 27 heavy (non-hydrogen) atoms. The lowest BCUT2D eigenvalue weighted by molar-refractivity contribution is -0.125. The van der Waals surface area contributed by atoms with E-state index in [-0.39, 0.29) is 5.91 Å². The molecule has 0 spiro atoms. The molecule has 5 nitrogen and oxygen atoms in total. The molecule has 0 N–H and O–H groups in total. The number of methoxy groups -OCH3 is 2. The van der Waals surface area contributed by atoms with E-state index in [1.165, 1.54) is 0 Å². The lowest BCUT2D eigenvalue weighted by Gasteiger charge is -2.15. The Morgan fingerprint density at radius 2 is 1.78 bits per heavy atom. The molecule has 0 aromatic heterocycles. The summed E-state index contributed by atoms with van der Waals surface area (Å²) in [7, 11) is 4.94. The Bertz CT molecular complexity index is 796. The van der Waals surface area contributed by atoms with Gasteiger partial charge in [0.25, 0.3) is 0 Å². The van der Waals surface area contributed by atoms with E-state index < -0.39 is 0 Å². The van der Waals surface area contributed by atoms with E-state index in [1.807, 2.05) is 42.5 Å². The molecule has 0 bridgehead atoms. The van der Waals surface area contributed by atoms with Crippen molar-refractivity contribution in [1.82, 2.24) is 4.90 Å². The van der Waals surface area contributed by atoms with Crippen LogP contribution in [0.25, 0.3) is 6.08 Å². The largest absolute Gasteiger partial charge is 0.493 e. The van der Waals surface area contributed by atoms with E-state index in [1.54, 1.807) is 44.4 Å². The molecular formula is C22H25NO4. The highest BCUT2D eigenvalue weighted by Crippen LogP contribution is 2.28. The van der Waals surface area contributed by atoms with Crippen LogP contribution in [0, 0.1) is 0 Å². The highest BCUT2D eigenvalue weighted by molar-refractivity contribution is 5.91. The predicted octanol–water partition coefficient (Wildman–Crippen LogP) is 3.94. The molecule has 0 aliphatic heterocycles. The first kappa shape index (κ1) is 20.1. The average Bonchev–Trinajstić information content (AvgIpc) is 2.71. The number of ether oxygens (including phenoxy) is 3. The Morgan fingerprint density at radius 3 is 2.41 bits per heavy atom. The zero-order chi connectivity index (χ0) is 19.6. The Balaban J connectivity index is 1.96. The molecule has 0 unspecified atom stereocenters. The maximum absolute atomic E-state index is 12.4. The highest BCUT2D eigenvalue weighted by Gasteiger charge is 2.07. The molecule has 2 aromatic rings. The van der Waals surface area contributed by atoms with Gasteiger partial charge < -0.3 is 19.1 Å². The van der Waals surface area contributed by atoms with Crippen molar-refractivity contribution >= 4 is 12.0 Å². The van der Waals surface area contributed by atoms with Crippen LogP contribution in [0.15, 0.2) is 61.2 Å². The van der Waals surface area contributed by atoms with Crippen LogP contribution in [0.5, 0.6) is 17.2 Å². The van der Waals surface area contributed by atoms with Gasteiger partial charge in [0.1, 0.15) is 12.4 Å². The molecule has 0 saturated carbocycles. The minimum atomic E-state index is -0.0863. The predicted molar refractivity (Wildman–Crippen MR) is 107 cm³/mol. The number of carbonyl (C=O) groups excluding carboxylic acids is 1. The second-order valence-electron chi connectivity index (χ2n) is 5.89. The van der Waals surface area contributed by atoms with Gasteiger partial charge in [0.2, 0.25) is 5.91 Å². The molecule has 0 saturated heterocycles.